The third-order valence-electron chi connectivity index (χ3n) is 7.34. The molecule has 3 aromatic carbocycles. The first kappa shape index (κ1) is 32.9. The van der Waals surface area contributed by atoms with Gasteiger partial charge in [0.1, 0.15) is 19.3 Å². The summed E-state index contributed by atoms with van der Waals surface area (Å²) in [5.41, 5.74) is 2.83. The van der Waals surface area contributed by atoms with E-state index in [0.717, 1.165) is 22.9 Å². The molecule has 1 atom stereocenters. The molecule has 1 N–H and O–H groups in total. The van der Waals surface area contributed by atoms with Gasteiger partial charge in [0.15, 0.2) is 11.5 Å². The van der Waals surface area contributed by atoms with Crippen molar-refractivity contribution in [2.24, 2.45) is 0 Å². The Morgan fingerprint density at radius 1 is 0.932 bits per heavy atom. The molecule has 4 rings (SSSR count). The number of hydrogen-bond donors (Lipinski definition) is 1. The number of ether oxygens (including phenoxy) is 2. The van der Waals surface area contributed by atoms with E-state index in [4.69, 9.17) is 9.47 Å². The number of nitrogens with zero attached hydrogens (tertiary/aromatic N) is 2. The molecule has 0 aliphatic carbocycles. The van der Waals surface area contributed by atoms with Crippen LogP contribution in [0.5, 0.6) is 11.5 Å². The fourth-order valence-electron chi connectivity index (χ4n) is 5.17. The summed E-state index contributed by atoms with van der Waals surface area (Å²) in [6, 6.07) is 21.7. The zero-order chi connectivity index (χ0) is 31.9. The van der Waals surface area contributed by atoms with Crippen molar-refractivity contribution >= 4 is 27.5 Å². The average molecular weight is 622 g/mol. The van der Waals surface area contributed by atoms with Crippen molar-refractivity contribution < 1.29 is 27.5 Å². The number of sulfonamides is 1. The lowest BCUT2D eigenvalue weighted by Gasteiger charge is -2.34. The molecule has 0 saturated heterocycles. The quantitative estimate of drug-likeness (QED) is 0.310. The minimum atomic E-state index is -3.66. The zero-order valence-corrected chi connectivity index (χ0v) is 27.0. The summed E-state index contributed by atoms with van der Waals surface area (Å²) in [5, 5.41) is 3.07. The van der Waals surface area contributed by atoms with Gasteiger partial charge in [0.2, 0.25) is 21.8 Å². The van der Waals surface area contributed by atoms with Crippen molar-refractivity contribution in [1.82, 2.24) is 10.2 Å². The molecule has 1 heterocycles. The van der Waals surface area contributed by atoms with E-state index in [-0.39, 0.29) is 37.7 Å². The van der Waals surface area contributed by atoms with Crippen LogP contribution in [0.2, 0.25) is 0 Å². The third kappa shape index (κ3) is 8.98. The van der Waals surface area contributed by atoms with Crippen molar-refractivity contribution in [1.29, 1.82) is 0 Å². The highest BCUT2D eigenvalue weighted by molar-refractivity contribution is 7.92. The predicted octanol–water partition coefficient (Wildman–Crippen LogP) is 4.87. The molecule has 0 fully saturated rings. The topological polar surface area (TPSA) is 105 Å². The van der Waals surface area contributed by atoms with Gasteiger partial charge in [-0.05, 0) is 62.9 Å². The molecular weight excluding hydrogens is 578 g/mol. The summed E-state index contributed by atoms with van der Waals surface area (Å²) < 4.78 is 38.2. The van der Waals surface area contributed by atoms with E-state index < -0.39 is 21.6 Å². The van der Waals surface area contributed by atoms with Crippen molar-refractivity contribution in [3.8, 4) is 11.5 Å². The van der Waals surface area contributed by atoms with Crippen LogP contribution in [0.25, 0.3) is 0 Å². The molecule has 1 aliphatic rings. The maximum Gasteiger partial charge on any atom is 0.243 e. The maximum atomic E-state index is 14.1. The number of carbonyl (C=O) groups excluding carboxylic acids is 2. The van der Waals surface area contributed by atoms with E-state index in [1.165, 1.54) is 4.31 Å². The lowest BCUT2D eigenvalue weighted by Crippen LogP contribution is -2.54. The van der Waals surface area contributed by atoms with Crippen molar-refractivity contribution in [2.45, 2.75) is 65.1 Å². The van der Waals surface area contributed by atoms with E-state index >= 15 is 0 Å². The summed E-state index contributed by atoms with van der Waals surface area (Å²) in [7, 11) is -3.66. The number of nitrogens with one attached hydrogen (secondary N) is 1. The van der Waals surface area contributed by atoms with Crippen LogP contribution in [0.4, 0.5) is 5.69 Å². The highest BCUT2D eigenvalue weighted by Crippen LogP contribution is 2.35. The molecule has 0 saturated carbocycles. The van der Waals surface area contributed by atoms with Crippen molar-refractivity contribution in [3.05, 3.63) is 89.5 Å². The number of hydrogen-bond acceptors (Lipinski definition) is 6. The first-order valence-electron chi connectivity index (χ1n) is 14.9. The Labute approximate surface area is 261 Å². The molecule has 2 amide bonds. The second-order valence-corrected chi connectivity index (χ2v) is 14.1. The zero-order valence-electron chi connectivity index (χ0n) is 26.2. The van der Waals surface area contributed by atoms with E-state index in [1.54, 1.807) is 23.1 Å². The standard InChI is InChI=1S/C34H43N3O6S/c1-25-12-9-10-15-27(25)24-36(29(33(39)35-34(2,3)4)22-26-13-7-6-8-14-26)32(38)16-11-19-37(44(5,40)41)28-17-18-30-31(23-28)43-21-20-42-30/h6-10,12-15,17-18,23,29H,11,16,19-22,24H2,1-5H3,(H,35,39). The minimum absolute atomic E-state index is 0.0521. The van der Waals surface area contributed by atoms with E-state index in [2.05, 4.69) is 5.32 Å². The van der Waals surface area contributed by atoms with Crippen LogP contribution in [0.1, 0.15) is 50.3 Å². The van der Waals surface area contributed by atoms with E-state index in [0.29, 0.717) is 36.8 Å². The van der Waals surface area contributed by atoms with Crippen LogP contribution in [0.3, 0.4) is 0 Å². The molecule has 9 nitrogen and oxygen atoms in total. The van der Waals surface area contributed by atoms with Crippen molar-refractivity contribution in [3.63, 3.8) is 0 Å². The predicted molar refractivity (Wildman–Crippen MR) is 172 cm³/mol. The Hall–Kier alpha value is -4.05. The van der Waals surface area contributed by atoms with E-state index in [9.17, 15) is 18.0 Å². The SMILES string of the molecule is Cc1ccccc1CN(C(=O)CCCN(c1ccc2c(c1)OCCO2)S(C)(=O)=O)C(Cc1ccccc1)C(=O)NC(C)(C)C. The van der Waals surface area contributed by atoms with Gasteiger partial charge in [-0.2, -0.15) is 0 Å². The molecule has 236 valence electrons. The highest BCUT2D eigenvalue weighted by Gasteiger charge is 2.32. The lowest BCUT2D eigenvalue weighted by molar-refractivity contribution is -0.142. The first-order chi connectivity index (χ1) is 20.8. The Bertz CT molecular complexity index is 1550. The van der Waals surface area contributed by atoms with Gasteiger partial charge in [0, 0.05) is 37.5 Å². The molecule has 1 unspecified atom stereocenters. The number of benzene rings is 3. The van der Waals surface area contributed by atoms with Gasteiger partial charge in [-0.25, -0.2) is 8.42 Å². The molecule has 44 heavy (non-hydrogen) atoms. The van der Waals surface area contributed by atoms with Gasteiger partial charge in [0.05, 0.1) is 11.9 Å². The number of aryl methyl sites for hydroxylation is 1. The summed E-state index contributed by atoms with van der Waals surface area (Å²) in [6.07, 6.45) is 1.79. The number of anilines is 1. The fraction of sp³-hybridized carbons (Fsp3) is 0.412. The van der Waals surface area contributed by atoms with Gasteiger partial charge in [-0.15, -0.1) is 0 Å². The highest BCUT2D eigenvalue weighted by atomic mass is 32.2. The molecule has 0 radical (unpaired) electrons. The number of carbonyl (C=O) groups is 2. The Balaban J connectivity index is 1.60. The van der Waals surface area contributed by atoms with E-state index in [1.807, 2.05) is 82.3 Å². The molecule has 0 bridgehead atoms. The normalized spacial score (nSPS) is 13.6. The smallest absolute Gasteiger partial charge is 0.243 e. The number of rotatable bonds is 12. The summed E-state index contributed by atoms with van der Waals surface area (Å²) in [4.78, 5) is 29.5. The molecular formula is C34H43N3O6S. The Morgan fingerprint density at radius 2 is 1.59 bits per heavy atom. The van der Waals surface area contributed by atoms with Crippen LogP contribution in [-0.2, 0) is 32.6 Å². The minimum Gasteiger partial charge on any atom is -0.486 e. The second kappa shape index (κ2) is 14.2. The third-order valence-corrected chi connectivity index (χ3v) is 8.53. The van der Waals surface area contributed by atoms with Gasteiger partial charge >= 0.3 is 0 Å². The molecule has 10 heteroatoms. The summed E-state index contributed by atoms with van der Waals surface area (Å²) >= 11 is 0. The Kier molecular flexibility index (Phi) is 10.6. The van der Waals surface area contributed by atoms with Crippen LogP contribution >= 0.6 is 0 Å². The van der Waals surface area contributed by atoms with Gasteiger partial charge in [-0.3, -0.25) is 13.9 Å². The Morgan fingerprint density at radius 3 is 2.25 bits per heavy atom. The first-order valence-corrected chi connectivity index (χ1v) is 16.7. The van der Waals surface area contributed by atoms with Gasteiger partial charge in [0.25, 0.3) is 0 Å². The van der Waals surface area contributed by atoms with Gasteiger partial charge in [-0.1, -0.05) is 54.6 Å². The van der Waals surface area contributed by atoms with Gasteiger partial charge < -0.3 is 19.7 Å². The van der Waals surface area contributed by atoms with Crippen LogP contribution in [0.15, 0.2) is 72.8 Å². The molecule has 0 aromatic heterocycles. The van der Waals surface area contributed by atoms with Crippen LogP contribution in [-0.4, -0.2) is 62.7 Å². The second-order valence-electron chi connectivity index (χ2n) is 12.2. The molecule has 0 spiro atoms. The van der Waals surface area contributed by atoms with Crippen LogP contribution < -0.4 is 19.1 Å². The maximum absolute atomic E-state index is 14.1. The van der Waals surface area contributed by atoms with Crippen molar-refractivity contribution in [2.75, 3.05) is 30.3 Å². The lowest BCUT2D eigenvalue weighted by atomic mass is 9.99. The summed E-state index contributed by atoms with van der Waals surface area (Å²) in [6.45, 7) is 8.87. The molecule has 3 aromatic rings. The monoisotopic (exact) mass is 621 g/mol. The molecule has 1 aliphatic heterocycles. The summed E-state index contributed by atoms with van der Waals surface area (Å²) in [5.74, 6) is 0.580. The number of fused-ring (bicyclic) bond motifs is 1. The fourth-order valence-corrected chi connectivity index (χ4v) is 6.13. The largest absolute Gasteiger partial charge is 0.486 e. The average Bonchev–Trinajstić information content (AvgIpc) is 2.96. The van der Waals surface area contributed by atoms with Crippen LogP contribution in [0, 0.1) is 6.92 Å². The number of amides is 2.